The quantitative estimate of drug-likeness (QED) is 0.564. The highest BCUT2D eigenvalue weighted by atomic mass is 79.9. The molecule has 7 heteroatoms. The van der Waals surface area contributed by atoms with Crippen molar-refractivity contribution in [2.24, 2.45) is 5.92 Å². The molecular weight excluding hydrogens is 372 g/mol. The monoisotopic (exact) mass is 396 g/mol. The maximum Gasteiger partial charge on any atom is 0.310 e. The van der Waals surface area contributed by atoms with Crippen molar-refractivity contribution < 1.29 is 9.53 Å². The Morgan fingerprint density at radius 1 is 1.50 bits per heavy atom. The summed E-state index contributed by atoms with van der Waals surface area (Å²) in [5.74, 6) is 0.677. The largest absolute Gasteiger partial charge is 0.442 e. The van der Waals surface area contributed by atoms with Crippen LogP contribution in [-0.4, -0.2) is 40.8 Å². The Labute approximate surface area is 151 Å². The fourth-order valence-corrected chi connectivity index (χ4v) is 3.67. The molecule has 3 aliphatic rings. The highest BCUT2D eigenvalue weighted by molar-refractivity contribution is 9.10. The van der Waals surface area contributed by atoms with Crippen molar-refractivity contribution in [2.45, 2.75) is 57.7 Å². The zero-order chi connectivity index (χ0) is 17.2. The summed E-state index contributed by atoms with van der Waals surface area (Å²) < 4.78 is 6.58. The van der Waals surface area contributed by atoms with E-state index in [4.69, 9.17) is 4.74 Å². The van der Waals surface area contributed by atoms with Crippen LogP contribution in [0.15, 0.2) is 17.0 Å². The first kappa shape index (κ1) is 17.6. The van der Waals surface area contributed by atoms with Gasteiger partial charge in [0, 0.05) is 19.0 Å². The smallest absolute Gasteiger partial charge is 0.310 e. The Kier molecular flexibility index (Phi) is 5.39. The average Bonchev–Trinajstić information content (AvgIpc) is 2.54. The van der Waals surface area contributed by atoms with Crippen LogP contribution in [0.3, 0.4) is 0 Å². The van der Waals surface area contributed by atoms with Gasteiger partial charge < -0.3 is 9.64 Å². The molecule has 1 N–H and O–H groups in total. The van der Waals surface area contributed by atoms with Crippen molar-refractivity contribution in [2.75, 3.05) is 18.0 Å². The van der Waals surface area contributed by atoms with Crippen LogP contribution in [0, 0.1) is 5.92 Å². The molecule has 0 saturated carbocycles. The molecule has 0 radical (unpaired) electrons. The third-order valence-electron chi connectivity index (χ3n) is 4.80. The number of halogens is 1. The predicted octanol–water partition coefficient (Wildman–Crippen LogP) is 2.88. The van der Waals surface area contributed by atoms with Gasteiger partial charge in [0.15, 0.2) is 5.72 Å². The molecule has 3 fully saturated rings. The number of anilines is 1. The molecule has 4 heterocycles. The van der Waals surface area contributed by atoms with E-state index in [-0.39, 0.29) is 11.9 Å². The van der Waals surface area contributed by atoms with Gasteiger partial charge in [-0.05, 0) is 22.4 Å². The van der Waals surface area contributed by atoms with E-state index in [1.165, 1.54) is 6.42 Å². The molecule has 3 aliphatic heterocycles. The predicted molar refractivity (Wildman–Crippen MR) is 95.6 cm³/mol. The van der Waals surface area contributed by atoms with Crippen LogP contribution in [-0.2, 0) is 9.53 Å². The standard InChI is InChI=1S/C17H25BrN4O2/c1-3-4-5-6-12(2)16(23)24-17-7-13(21-17)10-22(11-17)15-9-19-14(18)8-20-15/h8-9,12-13,21H,3-7,10-11H2,1-2H3. The minimum absolute atomic E-state index is 0.0466. The first-order chi connectivity index (χ1) is 11.5. The Bertz CT molecular complexity index is 574. The first-order valence-electron chi connectivity index (χ1n) is 8.74. The number of rotatable bonds is 7. The number of piperazine rings is 1. The fraction of sp³-hybridized carbons (Fsp3) is 0.706. The highest BCUT2D eigenvalue weighted by Gasteiger charge is 2.53. The van der Waals surface area contributed by atoms with Gasteiger partial charge in [-0.15, -0.1) is 0 Å². The number of carbonyl (C=O) groups excluding carboxylic acids is 1. The second-order valence-corrected chi connectivity index (χ2v) is 7.75. The summed E-state index contributed by atoms with van der Waals surface area (Å²) in [4.78, 5) is 23.2. The Hall–Kier alpha value is -1.21. The molecule has 0 amide bonds. The van der Waals surface area contributed by atoms with Crippen molar-refractivity contribution >= 4 is 27.7 Å². The molecule has 6 nitrogen and oxygen atoms in total. The Morgan fingerprint density at radius 3 is 2.96 bits per heavy atom. The molecule has 3 saturated heterocycles. The van der Waals surface area contributed by atoms with E-state index in [1.807, 2.05) is 6.92 Å². The van der Waals surface area contributed by atoms with Gasteiger partial charge in [0.1, 0.15) is 10.4 Å². The lowest BCUT2D eigenvalue weighted by Gasteiger charge is -2.56. The molecule has 132 valence electrons. The SMILES string of the molecule is CCCCCC(C)C(=O)OC12CC(CN(c3cnc(Br)cn3)C1)N2. The van der Waals surface area contributed by atoms with Gasteiger partial charge in [0.05, 0.1) is 24.9 Å². The van der Waals surface area contributed by atoms with Crippen LogP contribution < -0.4 is 10.2 Å². The number of carbonyl (C=O) groups is 1. The maximum absolute atomic E-state index is 12.4. The summed E-state index contributed by atoms with van der Waals surface area (Å²) in [5, 5.41) is 3.41. The summed E-state index contributed by atoms with van der Waals surface area (Å²) in [6.07, 6.45) is 8.62. The molecular formula is C17H25BrN4O2. The van der Waals surface area contributed by atoms with Crippen LogP contribution in [0.25, 0.3) is 0 Å². The molecule has 0 spiro atoms. The van der Waals surface area contributed by atoms with Gasteiger partial charge in [0.2, 0.25) is 0 Å². The van der Waals surface area contributed by atoms with Gasteiger partial charge >= 0.3 is 5.97 Å². The van der Waals surface area contributed by atoms with Gasteiger partial charge in [-0.25, -0.2) is 9.97 Å². The van der Waals surface area contributed by atoms with Crippen LogP contribution in [0.4, 0.5) is 5.82 Å². The highest BCUT2D eigenvalue weighted by Crippen LogP contribution is 2.35. The molecule has 1 aromatic rings. The van der Waals surface area contributed by atoms with E-state index in [0.29, 0.717) is 17.2 Å². The molecule has 1 aromatic heterocycles. The summed E-state index contributed by atoms with van der Waals surface area (Å²) in [6.45, 7) is 5.61. The molecule has 3 atom stereocenters. The molecule has 0 aromatic carbocycles. The zero-order valence-corrected chi connectivity index (χ0v) is 15.9. The molecule has 3 unspecified atom stereocenters. The van der Waals surface area contributed by atoms with Crippen LogP contribution in [0.5, 0.6) is 0 Å². The fourth-order valence-electron chi connectivity index (χ4n) is 3.47. The van der Waals surface area contributed by atoms with Crippen molar-refractivity contribution in [1.82, 2.24) is 15.3 Å². The van der Waals surface area contributed by atoms with Gasteiger partial charge in [-0.3, -0.25) is 10.1 Å². The number of piperidine rings is 1. The van der Waals surface area contributed by atoms with Crippen LogP contribution in [0.1, 0.15) is 46.0 Å². The minimum atomic E-state index is -0.562. The van der Waals surface area contributed by atoms with E-state index in [1.54, 1.807) is 12.4 Å². The Morgan fingerprint density at radius 2 is 2.29 bits per heavy atom. The van der Waals surface area contributed by atoms with E-state index in [0.717, 1.165) is 38.0 Å². The number of nitrogens with zero attached hydrogens (tertiary/aromatic N) is 3. The van der Waals surface area contributed by atoms with Gasteiger partial charge in [-0.2, -0.15) is 0 Å². The molecule has 24 heavy (non-hydrogen) atoms. The van der Waals surface area contributed by atoms with E-state index >= 15 is 0 Å². The maximum atomic E-state index is 12.4. The summed E-state index contributed by atoms with van der Waals surface area (Å²) in [5.41, 5.74) is -0.562. The summed E-state index contributed by atoms with van der Waals surface area (Å²) in [6, 6.07) is 0.340. The summed E-state index contributed by atoms with van der Waals surface area (Å²) >= 11 is 3.30. The average molecular weight is 397 g/mol. The number of unbranched alkanes of at least 4 members (excludes halogenated alkanes) is 2. The third kappa shape index (κ3) is 3.88. The van der Waals surface area contributed by atoms with Gasteiger partial charge in [0.25, 0.3) is 0 Å². The topological polar surface area (TPSA) is 67.3 Å². The lowest BCUT2D eigenvalue weighted by molar-refractivity contribution is -0.186. The number of fused-ring (bicyclic) bond motifs is 2. The summed E-state index contributed by atoms with van der Waals surface area (Å²) in [7, 11) is 0. The van der Waals surface area contributed by atoms with E-state index in [9.17, 15) is 4.79 Å². The lowest BCUT2D eigenvalue weighted by Crippen LogP contribution is -2.77. The van der Waals surface area contributed by atoms with Crippen molar-refractivity contribution in [3.63, 3.8) is 0 Å². The van der Waals surface area contributed by atoms with Crippen molar-refractivity contribution in [3.8, 4) is 0 Å². The van der Waals surface area contributed by atoms with Crippen LogP contribution >= 0.6 is 15.9 Å². The van der Waals surface area contributed by atoms with E-state index in [2.05, 4.69) is 43.0 Å². The number of aromatic nitrogens is 2. The molecule has 4 rings (SSSR count). The third-order valence-corrected chi connectivity index (χ3v) is 5.21. The normalized spacial score (nSPS) is 26.6. The number of nitrogens with one attached hydrogen (secondary N) is 1. The first-order valence-corrected chi connectivity index (χ1v) is 9.54. The molecule has 2 bridgehead atoms. The van der Waals surface area contributed by atoms with E-state index < -0.39 is 5.72 Å². The zero-order valence-electron chi connectivity index (χ0n) is 14.3. The number of esters is 1. The molecule has 0 aliphatic carbocycles. The second kappa shape index (κ2) is 7.35. The van der Waals surface area contributed by atoms with Crippen molar-refractivity contribution in [1.29, 1.82) is 0 Å². The number of ether oxygens (including phenoxy) is 1. The van der Waals surface area contributed by atoms with Crippen LogP contribution in [0.2, 0.25) is 0 Å². The minimum Gasteiger partial charge on any atom is -0.442 e. The van der Waals surface area contributed by atoms with Gasteiger partial charge in [-0.1, -0.05) is 33.1 Å². The Balaban J connectivity index is 1.57. The lowest BCUT2D eigenvalue weighted by atomic mass is 9.86. The number of hydrogen-bond acceptors (Lipinski definition) is 6. The van der Waals surface area contributed by atoms with Crippen molar-refractivity contribution in [3.05, 3.63) is 17.0 Å². The number of hydrogen-bond donors (Lipinski definition) is 1. The second-order valence-electron chi connectivity index (χ2n) is 6.94.